The monoisotopic (exact) mass is 623 g/mol. The Bertz CT molecular complexity index is 1140. The Morgan fingerprint density at radius 3 is 2.05 bits per heavy atom. The van der Waals surface area contributed by atoms with Crippen LogP contribution >= 0.6 is 0 Å². The molecular weight excluding hydrogens is 565 g/mol. The highest BCUT2D eigenvalue weighted by Crippen LogP contribution is 2.34. The van der Waals surface area contributed by atoms with E-state index in [9.17, 15) is 29.0 Å². The molecule has 2 amide bonds. The van der Waals surface area contributed by atoms with Crippen molar-refractivity contribution in [3.8, 4) is 0 Å². The zero-order valence-corrected chi connectivity index (χ0v) is 28.9. The number of nitrogens with one attached hydrogen (secondary N) is 3. The topological polar surface area (TPSA) is 152 Å². The number of aromatic amines is 1. The van der Waals surface area contributed by atoms with Crippen LogP contribution < -0.4 is 10.6 Å². The lowest BCUT2D eigenvalue weighted by molar-refractivity contribution is -0.139. The molecule has 2 aromatic rings. The number of carboxylic acid groups (broad SMARTS) is 1. The first-order valence-electron chi connectivity index (χ1n) is 15.9. The highest BCUT2D eigenvalue weighted by Gasteiger charge is 2.26. The van der Waals surface area contributed by atoms with E-state index >= 15 is 0 Å². The molecule has 2 heterocycles. The molecule has 1 aliphatic heterocycles. The summed E-state index contributed by atoms with van der Waals surface area (Å²) in [6.07, 6.45) is 0.279. The highest BCUT2D eigenvalue weighted by atomic mass is 19.1. The zero-order valence-electron chi connectivity index (χ0n) is 28.9. The van der Waals surface area contributed by atoms with E-state index in [0.717, 1.165) is 0 Å². The molecule has 1 aromatic carbocycles. The number of amides is 2. The second-order valence-corrected chi connectivity index (χ2v) is 8.76. The van der Waals surface area contributed by atoms with E-state index in [0.29, 0.717) is 33.8 Å². The Morgan fingerprint density at radius 2 is 1.52 bits per heavy atom. The van der Waals surface area contributed by atoms with Crippen LogP contribution in [0, 0.1) is 19.7 Å². The van der Waals surface area contributed by atoms with Crippen LogP contribution in [0.5, 0.6) is 0 Å². The number of aliphatic carboxylic acids is 1. The van der Waals surface area contributed by atoms with Crippen LogP contribution in [-0.4, -0.2) is 56.8 Å². The summed E-state index contributed by atoms with van der Waals surface area (Å²) >= 11 is 0. The van der Waals surface area contributed by atoms with Gasteiger partial charge in [-0.15, -0.1) is 0 Å². The van der Waals surface area contributed by atoms with Crippen molar-refractivity contribution in [1.82, 2.24) is 10.3 Å². The van der Waals surface area contributed by atoms with Crippen molar-refractivity contribution in [1.29, 1.82) is 0 Å². The molecule has 0 aliphatic carbocycles. The molecule has 3 rings (SSSR count). The van der Waals surface area contributed by atoms with E-state index in [1.807, 2.05) is 55.4 Å². The van der Waals surface area contributed by atoms with Gasteiger partial charge in [-0.3, -0.25) is 14.4 Å². The van der Waals surface area contributed by atoms with Gasteiger partial charge in [0.15, 0.2) is 0 Å². The summed E-state index contributed by atoms with van der Waals surface area (Å²) in [5, 5.41) is 33.5. The Hall–Kier alpha value is -3.50. The van der Waals surface area contributed by atoms with Crippen molar-refractivity contribution in [3.63, 3.8) is 0 Å². The summed E-state index contributed by atoms with van der Waals surface area (Å²) in [7, 11) is 0. The van der Waals surface area contributed by atoms with Gasteiger partial charge >= 0.3 is 5.97 Å². The number of carboxylic acids is 1. The summed E-state index contributed by atoms with van der Waals surface area (Å²) in [4.78, 5) is 38.7. The molecule has 252 valence electrons. The van der Waals surface area contributed by atoms with Gasteiger partial charge in [0.2, 0.25) is 0 Å². The first-order chi connectivity index (χ1) is 21.0. The number of aliphatic hydroxyl groups excluding tert-OH is 2. The highest BCUT2D eigenvalue weighted by molar-refractivity contribution is 6.34. The summed E-state index contributed by atoms with van der Waals surface area (Å²) in [6.45, 7) is 23.8. The lowest BCUT2D eigenvalue weighted by Crippen LogP contribution is -2.29. The number of aliphatic hydroxyl groups is 2. The zero-order chi connectivity index (χ0) is 35.0. The number of anilines is 1. The molecule has 0 saturated carbocycles. The number of benzene rings is 1. The second-order valence-electron chi connectivity index (χ2n) is 8.76. The number of aryl methyl sites for hydroxylation is 1. The molecule has 44 heavy (non-hydrogen) atoms. The van der Waals surface area contributed by atoms with E-state index in [-0.39, 0.29) is 36.8 Å². The van der Waals surface area contributed by atoms with Crippen LogP contribution in [0.2, 0.25) is 0 Å². The maximum absolute atomic E-state index is 13.7. The Kier molecular flexibility index (Phi) is 26.5. The molecule has 1 aliphatic rings. The first kappa shape index (κ1) is 44.9. The van der Waals surface area contributed by atoms with Crippen LogP contribution in [0.15, 0.2) is 18.2 Å². The molecule has 0 spiro atoms. The summed E-state index contributed by atoms with van der Waals surface area (Å²) in [5.41, 5.74) is 3.34. The van der Waals surface area contributed by atoms with Crippen LogP contribution in [-0.2, 0) is 9.59 Å². The van der Waals surface area contributed by atoms with Crippen LogP contribution in [0.1, 0.15) is 128 Å². The summed E-state index contributed by atoms with van der Waals surface area (Å²) in [6, 6.07) is 4.03. The minimum Gasteiger partial charge on any atom is -0.481 e. The Morgan fingerprint density at radius 1 is 0.977 bits per heavy atom. The third kappa shape index (κ3) is 15.3. The summed E-state index contributed by atoms with van der Waals surface area (Å²) < 4.78 is 13.7. The fraction of sp³-hybridized carbons (Fsp3) is 0.559. The molecule has 0 bridgehead atoms. The van der Waals surface area contributed by atoms with Gasteiger partial charge in [0.25, 0.3) is 11.8 Å². The third-order valence-corrected chi connectivity index (χ3v) is 5.47. The molecule has 9 nitrogen and oxygen atoms in total. The predicted molar refractivity (Wildman–Crippen MR) is 180 cm³/mol. The van der Waals surface area contributed by atoms with Crippen molar-refractivity contribution in [2.75, 3.05) is 11.9 Å². The number of carbonyl (C=O) groups is 3. The van der Waals surface area contributed by atoms with Crippen molar-refractivity contribution in [2.45, 2.75) is 121 Å². The molecule has 0 radical (unpaired) electrons. The van der Waals surface area contributed by atoms with E-state index in [1.165, 1.54) is 24.6 Å². The van der Waals surface area contributed by atoms with Gasteiger partial charge in [0.05, 0.1) is 29.8 Å². The molecule has 0 saturated heterocycles. The Labute approximate surface area is 264 Å². The molecule has 10 heteroatoms. The van der Waals surface area contributed by atoms with E-state index < -0.39 is 30.4 Å². The van der Waals surface area contributed by atoms with Gasteiger partial charge in [-0.05, 0) is 56.5 Å². The standard InChI is InChI=1S/C23H26FN3O6.C3H8.4C2H6/c1-11-19(10-17-16-7-13(24)3-4-18(16)27-22(17)32)26-12(2)21(11)23(33)25-6-5-14(28)8-15(29)9-20(30)31;1-3-2;4*1-2/h3-4,7,10,14-15,26,28-29H,5-6,8-9H2,1-2H3,(H,25,33)(H,27,32)(H,30,31);3H2,1-2H3;4*1-2H3/b17-10-;;;;;. The number of rotatable bonds is 9. The molecule has 6 N–H and O–H groups in total. The quantitative estimate of drug-likeness (QED) is 0.159. The van der Waals surface area contributed by atoms with Gasteiger partial charge in [-0.1, -0.05) is 75.7 Å². The lowest BCUT2D eigenvalue weighted by atomic mass is 10.0. The number of aromatic nitrogens is 1. The normalized spacial score (nSPS) is 12.8. The van der Waals surface area contributed by atoms with E-state index in [1.54, 1.807) is 19.9 Å². The molecule has 0 fully saturated rings. The number of hydrogen-bond donors (Lipinski definition) is 6. The lowest BCUT2D eigenvalue weighted by Gasteiger charge is -2.14. The van der Waals surface area contributed by atoms with E-state index in [4.69, 9.17) is 5.11 Å². The maximum atomic E-state index is 13.7. The maximum Gasteiger partial charge on any atom is 0.305 e. The van der Waals surface area contributed by atoms with Crippen LogP contribution in [0.3, 0.4) is 0 Å². The fourth-order valence-electron chi connectivity index (χ4n) is 3.86. The number of hydrogen-bond acceptors (Lipinski definition) is 5. The van der Waals surface area contributed by atoms with Gasteiger partial charge in [0, 0.05) is 29.2 Å². The van der Waals surface area contributed by atoms with Crippen LogP contribution in [0.4, 0.5) is 10.1 Å². The van der Waals surface area contributed by atoms with E-state index in [2.05, 4.69) is 29.5 Å². The van der Waals surface area contributed by atoms with Crippen LogP contribution in [0.25, 0.3) is 11.6 Å². The molecule has 2 unspecified atom stereocenters. The number of H-pyrrole nitrogens is 1. The average Bonchev–Trinajstić information content (AvgIpc) is 3.46. The number of carbonyl (C=O) groups excluding carboxylic acids is 2. The minimum absolute atomic E-state index is 0.105. The minimum atomic E-state index is -1.16. The fourth-order valence-corrected chi connectivity index (χ4v) is 3.86. The Balaban J connectivity index is -0.00000136. The van der Waals surface area contributed by atoms with Crippen molar-refractivity contribution in [3.05, 3.63) is 52.1 Å². The number of fused-ring (bicyclic) bond motifs is 1. The SMILES string of the molecule is CC.CC.CC.CC.CCC.Cc1[nH]c(/C=C2\C(=O)Nc3ccc(F)cc32)c(C)c1C(=O)NCCC(O)CC(O)CC(=O)O. The third-order valence-electron chi connectivity index (χ3n) is 5.47. The second kappa shape index (κ2) is 25.9. The van der Waals surface area contributed by atoms with Gasteiger partial charge in [-0.25, -0.2) is 4.39 Å². The summed E-state index contributed by atoms with van der Waals surface area (Å²) in [5.74, 6) is -2.37. The van der Waals surface area contributed by atoms with Crippen molar-refractivity contribution < 1.29 is 34.1 Å². The molecule has 1 aromatic heterocycles. The molecule has 2 atom stereocenters. The average molecular weight is 624 g/mol. The molecular formula is C34H58FN3O6. The van der Waals surface area contributed by atoms with Gasteiger partial charge in [0.1, 0.15) is 5.82 Å². The van der Waals surface area contributed by atoms with Gasteiger partial charge in [-0.2, -0.15) is 0 Å². The van der Waals surface area contributed by atoms with Gasteiger partial charge < -0.3 is 30.9 Å². The smallest absolute Gasteiger partial charge is 0.305 e. The number of halogens is 1. The van der Waals surface area contributed by atoms with Crippen molar-refractivity contribution in [2.24, 2.45) is 0 Å². The predicted octanol–water partition coefficient (Wildman–Crippen LogP) is 7.49. The largest absolute Gasteiger partial charge is 0.481 e. The van der Waals surface area contributed by atoms with Crippen molar-refractivity contribution >= 4 is 35.1 Å². The first-order valence-corrected chi connectivity index (χ1v) is 15.9.